The molecule has 0 bridgehead atoms. The molecule has 1 N–H and O–H groups in total. The second-order valence-electron chi connectivity index (χ2n) is 5.77. The van der Waals surface area contributed by atoms with Crippen molar-refractivity contribution in [2.45, 2.75) is 31.9 Å². The highest BCUT2D eigenvalue weighted by Gasteiger charge is 2.31. The lowest BCUT2D eigenvalue weighted by Crippen LogP contribution is -2.57. The number of hydrogen-bond donors (Lipinski definition) is 1. The van der Waals surface area contributed by atoms with Crippen LogP contribution in [0.3, 0.4) is 0 Å². The molecule has 2 unspecified atom stereocenters. The Morgan fingerprint density at radius 1 is 1.14 bits per heavy atom. The van der Waals surface area contributed by atoms with Crippen molar-refractivity contribution in [1.82, 2.24) is 14.7 Å². The fraction of sp³-hybridized carbons (Fsp3) is 0.857. The van der Waals surface area contributed by atoms with Crippen molar-refractivity contribution in [3.05, 3.63) is 0 Å². The number of likely N-dealkylation sites (tertiary alicyclic amines) is 1. The maximum absolute atomic E-state index is 12.5. The molecule has 2 atom stereocenters. The third-order valence-corrected chi connectivity index (χ3v) is 4.47. The maximum Gasteiger partial charge on any atom is 0.320 e. The summed E-state index contributed by atoms with van der Waals surface area (Å²) in [5, 5.41) is 9.03. The van der Waals surface area contributed by atoms with Gasteiger partial charge in [0.2, 0.25) is 0 Å². The lowest BCUT2D eigenvalue weighted by atomic mass is 10.1. The summed E-state index contributed by atoms with van der Waals surface area (Å²) in [6.45, 7) is 5.52. The molecular formula is C14H25N3O4. The van der Waals surface area contributed by atoms with Gasteiger partial charge < -0.3 is 19.6 Å². The summed E-state index contributed by atoms with van der Waals surface area (Å²) >= 11 is 0. The van der Waals surface area contributed by atoms with E-state index in [1.807, 2.05) is 14.7 Å². The molecule has 2 aliphatic rings. The molecule has 0 aromatic rings. The molecular weight excluding hydrogens is 274 g/mol. The highest BCUT2D eigenvalue weighted by molar-refractivity contribution is 5.75. The Morgan fingerprint density at radius 2 is 1.81 bits per heavy atom. The SMILES string of the molecule is COC1CCCN(C(=O)N2CCN(C(C)C(=O)O)CC2)C1. The molecule has 0 aromatic carbocycles. The number of piperidine rings is 1. The van der Waals surface area contributed by atoms with Crippen molar-refractivity contribution < 1.29 is 19.4 Å². The first kappa shape index (κ1) is 16.0. The molecule has 2 fully saturated rings. The molecule has 0 spiro atoms. The fourth-order valence-corrected chi connectivity index (χ4v) is 2.96. The quantitative estimate of drug-likeness (QED) is 0.812. The minimum absolute atomic E-state index is 0.0550. The van der Waals surface area contributed by atoms with E-state index >= 15 is 0 Å². The zero-order valence-corrected chi connectivity index (χ0v) is 12.8. The minimum atomic E-state index is -0.811. The number of hydrogen-bond acceptors (Lipinski definition) is 4. The van der Waals surface area contributed by atoms with Crippen LogP contribution in [-0.2, 0) is 9.53 Å². The first-order valence-electron chi connectivity index (χ1n) is 7.56. The largest absolute Gasteiger partial charge is 0.480 e. The number of methoxy groups -OCH3 is 1. The summed E-state index contributed by atoms with van der Waals surface area (Å²) in [6, 6.07) is -0.436. The van der Waals surface area contributed by atoms with Gasteiger partial charge in [0, 0.05) is 46.4 Å². The molecule has 0 saturated carbocycles. The van der Waals surface area contributed by atoms with Crippen molar-refractivity contribution in [3.8, 4) is 0 Å². The van der Waals surface area contributed by atoms with E-state index in [1.165, 1.54) is 0 Å². The van der Waals surface area contributed by atoms with Crippen LogP contribution in [0.5, 0.6) is 0 Å². The standard InChI is InChI=1S/C14H25N3O4/c1-11(13(18)19)15-6-8-16(9-7-15)14(20)17-5-3-4-12(10-17)21-2/h11-12H,3-10H2,1-2H3,(H,18,19). The zero-order valence-electron chi connectivity index (χ0n) is 12.8. The Morgan fingerprint density at radius 3 is 2.38 bits per heavy atom. The number of ether oxygens (including phenoxy) is 1. The average molecular weight is 299 g/mol. The molecule has 2 saturated heterocycles. The third-order valence-electron chi connectivity index (χ3n) is 4.47. The van der Waals surface area contributed by atoms with Gasteiger partial charge in [-0.2, -0.15) is 0 Å². The van der Waals surface area contributed by atoms with Gasteiger partial charge in [-0.25, -0.2) is 4.79 Å². The Labute approximate surface area is 125 Å². The number of urea groups is 1. The van der Waals surface area contributed by atoms with Crippen LogP contribution in [0, 0.1) is 0 Å². The van der Waals surface area contributed by atoms with Gasteiger partial charge in [0.05, 0.1) is 6.10 Å². The van der Waals surface area contributed by atoms with Gasteiger partial charge in [0.15, 0.2) is 0 Å². The van der Waals surface area contributed by atoms with E-state index in [2.05, 4.69) is 0 Å². The molecule has 120 valence electrons. The van der Waals surface area contributed by atoms with Crippen LogP contribution in [0.2, 0.25) is 0 Å². The van der Waals surface area contributed by atoms with Gasteiger partial charge >= 0.3 is 12.0 Å². The van der Waals surface area contributed by atoms with Crippen molar-refractivity contribution in [3.63, 3.8) is 0 Å². The second kappa shape index (κ2) is 7.09. The molecule has 2 rings (SSSR count). The number of rotatable bonds is 3. The summed E-state index contributed by atoms with van der Waals surface area (Å²) in [5.41, 5.74) is 0. The molecule has 0 aromatic heterocycles. The monoisotopic (exact) mass is 299 g/mol. The van der Waals surface area contributed by atoms with E-state index in [0.29, 0.717) is 32.7 Å². The molecule has 0 aliphatic carbocycles. The predicted molar refractivity (Wildman–Crippen MR) is 77.2 cm³/mol. The van der Waals surface area contributed by atoms with E-state index < -0.39 is 12.0 Å². The number of carbonyl (C=O) groups is 2. The second-order valence-corrected chi connectivity index (χ2v) is 5.77. The topological polar surface area (TPSA) is 73.3 Å². The number of carboxylic acid groups (broad SMARTS) is 1. The predicted octanol–water partition coefficient (Wildman–Crippen LogP) is 0.308. The van der Waals surface area contributed by atoms with Crippen molar-refractivity contribution in [2.24, 2.45) is 0 Å². The number of carboxylic acids is 1. The summed E-state index contributed by atoms with van der Waals surface area (Å²) in [5.74, 6) is -0.811. The normalized spacial score (nSPS) is 25.7. The summed E-state index contributed by atoms with van der Waals surface area (Å²) < 4.78 is 5.35. The van der Waals surface area contributed by atoms with E-state index in [0.717, 1.165) is 19.4 Å². The smallest absolute Gasteiger partial charge is 0.320 e. The summed E-state index contributed by atoms with van der Waals surface area (Å²) in [4.78, 5) is 29.1. The lowest BCUT2D eigenvalue weighted by molar-refractivity contribution is -0.143. The van der Waals surface area contributed by atoms with Crippen LogP contribution < -0.4 is 0 Å². The lowest BCUT2D eigenvalue weighted by Gasteiger charge is -2.40. The Balaban J connectivity index is 1.84. The van der Waals surface area contributed by atoms with Crippen LogP contribution >= 0.6 is 0 Å². The number of amides is 2. The third kappa shape index (κ3) is 3.85. The van der Waals surface area contributed by atoms with Crippen LogP contribution in [-0.4, -0.2) is 90.3 Å². The van der Waals surface area contributed by atoms with Gasteiger partial charge in [0.1, 0.15) is 6.04 Å². The van der Waals surface area contributed by atoms with Gasteiger partial charge in [0.25, 0.3) is 0 Å². The van der Waals surface area contributed by atoms with Crippen LogP contribution in [0.25, 0.3) is 0 Å². The van der Waals surface area contributed by atoms with Gasteiger partial charge in [-0.05, 0) is 19.8 Å². The van der Waals surface area contributed by atoms with Crippen LogP contribution in [0.15, 0.2) is 0 Å². The average Bonchev–Trinajstić information content (AvgIpc) is 2.53. The zero-order chi connectivity index (χ0) is 15.4. The molecule has 2 aliphatic heterocycles. The number of carbonyl (C=O) groups excluding carboxylic acids is 1. The summed E-state index contributed by atoms with van der Waals surface area (Å²) in [7, 11) is 1.69. The highest BCUT2D eigenvalue weighted by Crippen LogP contribution is 2.16. The van der Waals surface area contributed by atoms with Gasteiger partial charge in [-0.15, -0.1) is 0 Å². The highest BCUT2D eigenvalue weighted by atomic mass is 16.5. The first-order chi connectivity index (χ1) is 10.0. The Bertz CT molecular complexity index is 382. The van der Waals surface area contributed by atoms with Crippen molar-refractivity contribution >= 4 is 12.0 Å². The van der Waals surface area contributed by atoms with Gasteiger partial charge in [-0.3, -0.25) is 9.69 Å². The Hall–Kier alpha value is -1.34. The number of piperazine rings is 1. The number of aliphatic carboxylic acids is 1. The van der Waals surface area contributed by atoms with E-state index in [4.69, 9.17) is 9.84 Å². The maximum atomic E-state index is 12.5. The fourth-order valence-electron chi connectivity index (χ4n) is 2.96. The van der Waals surface area contributed by atoms with Crippen molar-refractivity contribution in [2.75, 3.05) is 46.4 Å². The molecule has 2 heterocycles. The van der Waals surface area contributed by atoms with E-state index in [1.54, 1.807) is 14.0 Å². The van der Waals surface area contributed by atoms with Crippen molar-refractivity contribution in [1.29, 1.82) is 0 Å². The molecule has 2 amide bonds. The summed E-state index contributed by atoms with van der Waals surface area (Å²) in [6.07, 6.45) is 2.11. The molecule has 7 heteroatoms. The van der Waals surface area contributed by atoms with Crippen LogP contribution in [0.4, 0.5) is 4.79 Å². The number of nitrogens with zero attached hydrogens (tertiary/aromatic N) is 3. The van der Waals surface area contributed by atoms with E-state index in [-0.39, 0.29) is 12.1 Å². The van der Waals surface area contributed by atoms with Crippen LogP contribution in [0.1, 0.15) is 19.8 Å². The first-order valence-corrected chi connectivity index (χ1v) is 7.56. The molecule has 7 nitrogen and oxygen atoms in total. The Kier molecular flexibility index (Phi) is 5.41. The van der Waals surface area contributed by atoms with E-state index in [9.17, 15) is 9.59 Å². The minimum Gasteiger partial charge on any atom is -0.480 e. The molecule has 0 radical (unpaired) electrons. The van der Waals surface area contributed by atoms with Gasteiger partial charge in [-0.1, -0.05) is 0 Å². The molecule has 21 heavy (non-hydrogen) atoms.